The summed E-state index contributed by atoms with van der Waals surface area (Å²) < 4.78 is 5.85. The first-order valence-corrected chi connectivity index (χ1v) is 10.5. The van der Waals surface area contributed by atoms with Crippen LogP contribution in [0.4, 0.5) is 16.2 Å². The van der Waals surface area contributed by atoms with E-state index in [0.29, 0.717) is 11.6 Å². The van der Waals surface area contributed by atoms with Gasteiger partial charge in [-0.1, -0.05) is 42.5 Å². The monoisotopic (exact) mass is 420 g/mol. The van der Waals surface area contributed by atoms with Crippen molar-refractivity contribution in [1.29, 1.82) is 0 Å². The highest BCUT2D eigenvalue weighted by molar-refractivity contribution is 5.93. The molecule has 0 aliphatic carbocycles. The van der Waals surface area contributed by atoms with Crippen molar-refractivity contribution in [2.24, 2.45) is 0 Å². The molecule has 8 nitrogen and oxygen atoms in total. The summed E-state index contributed by atoms with van der Waals surface area (Å²) >= 11 is 0. The molecule has 0 saturated carbocycles. The molecule has 1 fully saturated rings. The quantitative estimate of drug-likeness (QED) is 0.586. The van der Waals surface area contributed by atoms with Crippen molar-refractivity contribution in [3.05, 3.63) is 71.8 Å². The summed E-state index contributed by atoms with van der Waals surface area (Å²) in [7, 11) is 0. The number of rotatable bonds is 5. The second-order valence-corrected chi connectivity index (χ2v) is 7.90. The Balaban J connectivity index is 1.54. The lowest BCUT2D eigenvalue weighted by molar-refractivity contribution is -0.00517. The molecule has 3 unspecified atom stereocenters. The lowest BCUT2D eigenvalue weighted by Crippen LogP contribution is -2.46. The predicted molar refractivity (Wildman–Crippen MR) is 120 cm³/mol. The Morgan fingerprint density at radius 1 is 1.10 bits per heavy atom. The third-order valence-electron chi connectivity index (χ3n) is 5.19. The van der Waals surface area contributed by atoms with E-state index in [9.17, 15) is 4.79 Å². The topological polar surface area (TPSA) is 95.2 Å². The molecule has 1 aliphatic heterocycles. The number of aromatic amines is 1. The number of benzene rings is 2. The average Bonchev–Trinajstić information content (AvgIpc) is 3.18. The molecule has 1 aliphatic rings. The van der Waals surface area contributed by atoms with E-state index in [1.807, 2.05) is 61.5 Å². The average molecular weight is 421 g/mol. The van der Waals surface area contributed by atoms with Crippen molar-refractivity contribution in [2.45, 2.75) is 39.0 Å². The zero-order chi connectivity index (χ0) is 21.8. The number of carbonyl (C=O) groups excluding carboxylic acids is 1. The highest BCUT2D eigenvalue weighted by atomic mass is 16.5. The Bertz CT molecular complexity index is 1010. The van der Waals surface area contributed by atoms with Crippen molar-refractivity contribution in [3.63, 3.8) is 0 Å². The molecule has 3 N–H and O–H groups in total. The summed E-state index contributed by atoms with van der Waals surface area (Å²) in [5.74, 6) is 1.21. The van der Waals surface area contributed by atoms with Crippen molar-refractivity contribution >= 4 is 17.4 Å². The minimum atomic E-state index is -0.471. The fourth-order valence-corrected chi connectivity index (χ4v) is 3.95. The first-order chi connectivity index (χ1) is 15.0. The normalized spacial score (nSPS) is 19.6. The van der Waals surface area contributed by atoms with Crippen LogP contribution >= 0.6 is 0 Å². The van der Waals surface area contributed by atoms with Crippen molar-refractivity contribution in [2.75, 3.05) is 23.3 Å². The maximum Gasteiger partial charge on any atom is 0.320 e. The standard InChI is InChI=1S/C23H28N6O2/c1-15-13-29(14-16(2)31-15)20-12-8-7-11-19(20)25-23(30)26-21(18-9-5-4-6-10-18)22-24-17(3)27-28-22/h4-12,15-16,21H,13-14H2,1-3H3,(H,24,27,28)(H2,25,26,30). The van der Waals surface area contributed by atoms with Gasteiger partial charge in [-0.3, -0.25) is 5.10 Å². The third-order valence-corrected chi connectivity index (χ3v) is 5.19. The van der Waals surface area contributed by atoms with Gasteiger partial charge in [-0.05, 0) is 38.5 Å². The molecule has 2 heterocycles. The smallest absolute Gasteiger partial charge is 0.320 e. The van der Waals surface area contributed by atoms with Crippen molar-refractivity contribution in [1.82, 2.24) is 20.5 Å². The van der Waals surface area contributed by atoms with Gasteiger partial charge in [0.05, 0.1) is 23.6 Å². The fourth-order valence-electron chi connectivity index (χ4n) is 3.95. The number of amides is 2. The number of H-pyrrole nitrogens is 1. The van der Waals surface area contributed by atoms with E-state index in [-0.39, 0.29) is 18.2 Å². The zero-order valence-electron chi connectivity index (χ0n) is 18.0. The molecule has 31 heavy (non-hydrogen) atoms. The van der Waals surface area contributed by atoms with Crippen LogP contribution in [0.25, 0.3) is 0 Å². The molecule has 0 spiro atoms. The van der Waals surface area contributed by atoms with Gasteiger partial charge in [0, 0.05) is 13.1 Å². The lowest BCUT2D eigenvalue weighted by atomic mass is 10.1. The van der Waals surface area contributed by atoms with Gasteiger partial charge in [-0.15, -0.1) is 0 Å². The zero-order valence-corrected chi connectivity index (χ0v) is 18.0. The molecule has 0 radical (unpaired) electrons. The van der Waals surface area contributed by atoms with E-state index in [4.69, 9.17) is 4.74 Å². The Kier molecular flexibility index (Phi) is 6.18. The van der Waals surface area contributed by atoms with Crippen LogP contribution in [-0.4, -0.2) is 46.5 Å². The molecule has 3 atom stereocenters. The number of nitrogens with zero attached hydrogens (tertiary/aromatic N) is 3. The second-order valence-electron chi connectivity index (χ2n) is 7.90. The summed E-state index contributed by atoms with van der Waals surface area (Å²) in [6, 6.07) is 16.7. The van der Waals surface area contributed by atoms with Crippen molar-refractivity contribution < 1.29 is 9.53 Å². The highest BCUT2D eigenvalue weighted by Crippen LogP contribution is 2.29. The summed E-state index contributed by atoms with van der Waals surface area (Å²) in [6.07, 6.45) is 0.254. The van der Waals surface area contributed by atoms with E-state index in [1.54, 1.807) is 0 Å². The summed E-state index contributed by atoms with van der Waals surface area (Å²) in [4.78, 5) is 19.7. The molecule has 1 saturated heterocycles. The molecule has 2 amide bonds. The van der Waals surface area contributed by atoms with E-state index in [1.165, 1.54) is 0 Å². The van der Waals surface area contributed by atoms with Gasteiger partial charge >= 0.3 is 6.03 Å². The van der Waals surface area contributed by atoms with E-state index < -0.39 is 6.04 Å². The van der Waals surface area contributed by atoms with Gasteiger partial charge < -0.3 is 20.3 Å². The molecular formula is C23H28N6O2. The van der Waals surface area contributed by atoms with Gasteiger partial charge in [0.25, 0.3) is 0 Å². The second kappa shape index (κ2) is 9.18. The number of hydrogen-bond acceptors (Lipinski definition) is 5. The number of para-hydroxylation sites is 2. The number of carbonyl (C=O) groups is 1. The molecule has 8 heteroatoms. The van der Waals surface area contributed by atoms with Crippen LogP contribution < -0.4 is 15.5 Å². The Morgan fingerprint density at radius 2 is 1.77 bits per heavy atom. The summed E-state index contributed by atoms with van der Waals surface area (Å²) in [5.41, 5.74) is 2.63. The minimum absolute atomic E-state index is 0.127. The number of aromatic nitrogens is 3. The molecule has 2 aromatic carbocycles. The largest absolute Gasteiger partial charge is 0.372 e. The first kappa shape index (κ1) is 20.9. The minimum Gasteiger partial charge on any atom is -0.372 e. The Labute approximate surface area is 182 Å². The number of nitrogens with one attached hydrogen (secondary N) is 3. The van der Waals surface area contributed by atoms with Crippen LogP contribution in [0, 0.1) is 6.92 Å². The number of urea groups is 1. The van der Waals surface area contributed by atoms with Gasteiger partial charge in [0.15, 0.2) is 5.82 Å². The fraction of sp³-hybridized carbons (Fsp3) is 0.348. The number of hydrogen-bond donors (Lipinski definition) is 3. The summed E-state index contributed by atoms with van der Waals surface area (Å²) in [5, 5.41) is 13.1. The van der Waals surface area contributed by atoms with E-state index in [2.05, 4.69) is 44.6 Å². The first-order valence-electron chi connectivity index (χ1n) is 10.5. The SMILES string of the molecule is Cc1nc(C(NC(=O)Nc2ccccc2N2CC(C)OC(C)C2)c2ccccc2)n[nH]1. The lowest BCUT2D eigenvalue weighted by Gasteiger charge is -2.37. The Morgan fingerprint density at radius 3 is 2.45 bits per heavy atom. The highest BCUT2D eigenvalue weighted by Gasteiger charge is 2.25. The van der Waals surface area contributed by atoms with Gasteiger partial charge in [-0.2, -0.15) is 5.10 Å². The van der Waals surface area contributed by atoms with Crippen LogP contribution in [0.15, 0.2) is 54.6 Å². The number of aryl methyl sites for hydroxylation is 1. The molecule has 162 valence electrons. The molecule has 1 aromatic heterocycles. The van der Waals surface area contributed by atoms with Crippen LogP contribution in [0.5, 0.6) is 0 Å². The summed E-state index contributed by atoms with van der Waals surface area (Å²) in [6.45, 7) is 7.50. The number of ether oxygens (including phenoxy) is 1. The predicted octanol–water partition coefficient (Wildman–Crippen LogP) is 3.64. The van der Waals surface area contributed by atoms with Crippen LogP contribution in [0.3, 0.4) is 0 Å². The van der Waals surface area contributed by atoms with Crippen LogP contribution in [0.1, 0.15) is 37.1 Å². The number of morpholine rings is 1. The van der Waals surface area contributed by atoms with Gasteiger partial charge in [-0.25, -0.2) is 9.78 Å². The molecular weight excluding hydrogens is 392 g/mol. The van der Waals surface area contributed by atoms with Crippen LogP contribution in [0.2, 0.25) is 0 Å². The van der Waals surface area contributed by atoms with E-state index in [0.717, 1.165) is 30.0 Å². The Hall–Kier alpha value is -3.39. The molecule has 0 bridgehead atoms. The van der Waals surface area contributed by atoms with Gasteiger partial charge in [0.2, 0.25) is 0 Å². The van der Waals surface area contributed by atoms with Crippen molar-refractivity contribution in [3.8, 4) is 0 Å². The molecule has 3 aromatic rings. The van der Waals surface area contributed by atoms with Crippen LogP contribution in [-0.2, 0) is 4.74 Å². The van der Waals surface area contributed by atoms with E-state index >= 15 is 0 Å². The maximum absolute atomic E-state index is 13.0. The number of anilines is 2. The third kappa shape index (κ3) is 5.03. The van der Waals surface area contributed by atoms with Gasteiger partial charge in [0.1, 0.15) is 11.9 Å². The molecule has 4 rings (SSSR count). The maximum atomic E-state index is 13.0.